The minimum Gasteiger partial charge on any atom is -0.433 e. The van der Waals surface area contributed by atoms with E-state index in [9.17, 15) is 9.90 Å². The minimum absolute atomic E-state index is 0.0126. The van der Waals surface area contributed by atoms with Gasteiger partial charge in [-0.3, -0.25) is 4.79 Å². The molecule has 1 heterocycles. The van der Waals surface area contributed by atoms with Gasteiger partial charge in [0.1, 0.15) is 5.92 Å². The number of aliphatic hydroxyl groups excluding tert-OH is 1. The summed E-state index contributed by atoms with van der Waals surface area (Å²) < 4.78 is 10.1. The average Bonchev–Trinajstić information content (AvgIpc) is 1.78. The highest BCUT2D eigenvalue weighted by Gasteiger charge is 2.43. The van der Waals surface area contributed by atoms with Crippen LogP contribution in [0.5, 0.6) is 0 Å². The van der Waals surface area contributed by atoms with Gasteiger partial charge in [0.05, 0.1) is 0 Å². The number of hydrogen-bond donors (Lipinski definition) is 1. The lowest BCUT2D eigenvalue weighted by Crippen LogP contribution is -2.50. The number of rotatable bonds is 1. The molecule has 0 aromatic rings. The van der Waals surface area contributed by atoms with Gasteiger partial charge in [0, 0.05) is 13.8 Å². The van der Waals surface area contributed by atoms with Gasteiger partial charge in [0.15, 0.2) is 6.29 Å². The largest absolute Gasteiger partial charge is 0.433 e. The van der Waals surface area contributed by atoms with Gasteiger partial charge < -0.3 is 14.6 Å². The maximum Gasteiger partial charge on any atom is 0.316 e. The van der Waals surface area contributed by atoms with Crippen LogP contribution in [0, 0.1) is 11.8 Å². The highest BCUT2D eigenvalue weighted by molar-refractivity contribution is 5.74. The number of esters is 1. The third-order valence-electron chi connectivity index (χ3n) is 2.05. The zero-order valence-electron chi connectivity index (χ0n) is 8.40. The molecule has 0 bridgehead atoms. The lowest BCUT2D eigenvalue weighted by molar-refractivity contribution is -0.319. The van der Waals surface area contributed by atoms with Gasteiger partial charge in [-0.2, -0.15) is 0 Å². The van der Waals surface area contributed by atoms with Crippen LogP contribution in [0.2, 0.25) is 0 Å². The molecule has 1 aliphatic heterocycles. The molecule has 1 saturated heterocycles. The Balaban J connectivity index is 2.76. The molecule has 1 N–H and O–H groups in total. The molecule has 1 fully saturated rings. The molecule has 1 rings (SSSR count). The maximum absolute atomic E-state index is 11.4. The number of carbonyl (C=O) groups is 1. The van der Waals surface area contributed by atoms with Crippen molar-refractivity contribution in [3.8, 4) is 0 Å². The Bertz CT molecular complexity index is 210. The van der Waals surface area contributed by atoms with E-state index in [1.54, 1.807) is 13.8 Å². The first-order chi connectivity index (χ1) is 5.83. The summed E-state index contributed by atoms with van der Waals surface area (Å²) in [6.07, 6.45) is -1.06. The van der Waals surface area contributed by atoms with Crippen molar-refractivity contribution in [1.29, 1.82) is 0 Å². The molecule has 0 spiro atoms. The average molecular weight is 188 g/mol. The lowest BCUT2D eigenvalue weighted by atomic mass is 9.94. The van der Waals surface area contributed by atoms with Crippen LogP contribution in [0.1, 0.15) is 27.7 Å². The Morgan fingerprint density at radius 1 is 1.46 bits per heavy atom. The van der Waals surface area contributed by atoms with E-state index in [2.05, 4.69) is 0 Å². The van der Waals surface area contributed by atoms with E-state index in [1.807, 2.05) is 13.8 Å². The van der Waals surface area contributed by atoms with Crippen molar-refractivity contribution in [3.05, 3.63) is 0 Å². The van der Waals surface area contributed by atoms with E-state index >= 15 is 0 Å². The normalized spacial score (nSPS) is 33.2. The summed E-state index contributed by atoms with van der Waals surface area (Å²) in [7, 11) is 0. The summed E-state index contributed by atoms with van der Waals surface area (Å²) in [5, 5.41) is 9.52. The first-order valence-corrected chi connectivity index (χ1v) is 4.42. The van der Waals surface area contributed by atoms with Gasteiger partial charge in [0.25, 0.3) is 0 Å². The number of aliphatic hydroxyl groups is 1. The summed E-state index contributed by atoms with van der Waals surface area (Å²) in [6.45, 7) is 6.89. The van der Waals surface area contributed by atoms with Crippen molar-refractivity contribution in [2.75, 3.05) is 0 Å². The molecule has 4 heteroatoms. The van der Waals surface area contributed by atoms with Crippen LogP contribution < -0.4 is 0 Å². The Hall–Kier alpha value is -0.610. The van der Waals surface area contributed by atoms with Crippen LogP contribution in [0.4, 0.5) is 0 Å². The molecule has 13 heavy (non-hydrogen) atoms. The van der Waals surface area contributed by atoms with E-state index in [4.69, 9.17) is 9.47 Å². The van der Waals surface area contributed by atoms with Crippen molar-refractivity contribution in [2.24, 2.45) is 11.8 Å². The van der Waals surface area contributed by atoms with Gasteiger partial charge >= 0.3 is 5.97 Å². The summed E-state index contributed by atoms with van der Waals surface area (Å²) >= 11 is 0. The summed E-state index contributed by atoms with van der Waals surface area (Å²) in [6, 6.07) is 0. The first kappa shape index (κ1) is 10.5. The zero-order chi connectivity index (χ0) is 10.2. The van der Waals surface area contributed by atoms with Crippen molar-refractivity contribution in [3.63, 3.8) is 0 Å². The Morgan fingerprint density at radius 2 is 2.00 bits per heavy atom. The van der Waals surface area contributed by atoms with E-state index < -0.39 is 24.0 Å². The molecule has 1 aliphatic rings. The standard InChI is InChI=1S/C9H16O4/c1-5(2)6-7(10)12-9(3,4)13-8(6)11/h5-7,10H,1-4H3. The monoisotopic (exact) mass is 188 g/mol. The van der Waals surface area contributed by atoms with Crippen LogP contribution in [0.15, 0.2) is 0 Å². The van der Waals surface area contributed by atoms with Crippen molar-refractivity contribution >= 4 is 5.97 Å². The predicted octanol–water partition coefficient (Wildman–Crippen LogP) is 0.886. The topological polar surface area (TPSA) is 55.8 Å². The second-order valence-corrected chi connectivity index (χ2v) is 4.10. The van der Waals surface area contributed by atoms with Gasteiger partial charge in [0.2, 0.25) is 5.79 Å². The zero-order valence-corrected chi connectivity index (χ0v) is 8.40. The van der Waals surface area contributed by atoms with Crippen LogP contribution in [0.25, 0.3) is 0 Å². The van der Waals surface area contributed by atoms with Gasteiger partial charge in [-0.15, -0.1) is 0 Å². The summed E-state index contributed by atoms with van der Waals surface area (Å²) in [5.74, 6) is -1.97. The number of cyclic esters (lactones) is 1. The third-order valence-corrected chi connectivity index (χ3v) is 2.05. The fourth-order valence-corrected chi connectivity index (χ4v) is 1.42. The molecular formula is C9H16O4. The van der Waals surface area contributed by atoms with Gasteiger partial charge in [-0.25, -0.2) is 0 Å². The molecule has 0 aliphatic carbocycles. The molecule has 0 saturated carbocycles. The molecule has 2 atom stereocenters. The van der Waals surface area contributed by atoms with Crippen LogP contribution in [-0.4, -0.2) is 23.2 Å². The summed E-state index contributed by atoms with van der Waals surface area (Å²) in [4.78, 5) is 11.4. The Kier molecular flexibility index (Phi) is 2.63. The van der Waals surface area contributed by atoms with Crippen LogP contribution in [-0.2, 0) is 14.3 Å². The van der Waals surface area contributed by atoms with Crippen LogP contribution in [0.3, 0.4) is 0 Å². The molecule has 76 valence electrons. The fourth-order valence-electron chi connectivity index (χ4n) is 1.42. The maximum atomic E-state index is 11.4. The Morgan fingerprint density at radius 3 is 2.38 bits per heavy atom. The SMILES string of the molecule is CC(C)C1C(=O)OC(C)(C)OC1O. The van der Waals surface area contributed by atoms with Crippen LogP contribution >= 0.6 is 0 Å². The number of hydrogen-bond acceptors (Lipinski definition) is 4. The van der Waals surface area contributed by atoms with E-state index in [1.165, 1.54) is 0 Å². The molecule has 0 amide bonds. The quantitative estimate of drug-likeness (QED) is 0.621. The van der Waals surface area contributed by atoms with Gasteiger partial charge in [-0.05, 0) is 5.92 Å². The van der Waals surface area contributed by atoms with E-state index in [0.717, 1.165) is 0 Å². The molecule has 4 nitrogen and oxygen atoms in total. The predicted molar refractivity (Wildman–Crippen MR) is 45.6 cm³/mol. The van der Waals surface area contributed by atoms with Crippen molar-refractivity contribution < 1.29 is 19.4 Å². The highest BCUT2D eigenvalue weighted by atomic mass is 16.8. The molecule has 0 radical (unpaired) electrons. The second-order valence-electron chi connectivity index (χ2n) is 4.10. The van der Waals surface area contributed by atoms with E-state index in [0.29, 0.717) is 0 Å². The fraction of sp³-hybridized carbons (Fsp3) is 0.889. The molecule has 0 aromatic carbocycles. The number of carbonyl (C=O) groups excluding carboxylic acids is 1. The van der Waals surface area contributed by atoms with E-state index in [-0.39, 0.29) is 5.92 Å². The first-order valence-electron chi connectivity index (χ1n) is 4.42. The number of ether oxygens (including phenoxy) is 2. The smallest absolute Gasteiger partial charge is 0.316 e. The van der Waals surface area contributed by atoms with Crippen molar-refractivity contribution in [1.82, 2.24) is 0 Å². The molecular weight excluding hydrogens is 172 g/mol. The Labute approximate surface area is 77.8 Å². The van der Waals surface area contributed by atoms with Gasteiger partial charge in [-0.1, -0.05) is 13.8 Å². The lowest BCUT2D eigenvalue weighted by Gasteiger charge is -2.38. The molecule has 0 aromatic heterocycles. The summed E-state index contributed by atoms with van der Waals surface area (Å²) in [5.41, 5.74) is 0. The second kappa shape index (κ2) is 3.27. The highest BCUT2D eigenvalue weighted by Crippen LogP contribution is 2.29. The van der Waals surface area contributed by atoms with Crippen molar-refractivity contribution in [2.45, 2.75) is 39.8 Å². The minimum atomic E-state index is -1.06. The third kappa shape index (κ3) is 2.19. The molecule has 2 unspecified atom stereocenters.